The third kappa shape index (κ3) is 3.36. The van der Waals surface area contributed by atoms with Gasteiger partial charge in [-0.3, -0.25) is 0 Å². The van der Waals surface area contributed by atoms with Crippen molar-refractivity contribution in [1.82, 2.24) is 5.32 Å². The Kier molecular flexibility index (Phi) is 4.86. The zero-order chi connectivity index (χ0) is 15.6. The number of ether oxygens (including phenoxy) is 1. The van der Waals surface area contributed by atoms with E-state index in [9.17, 15) is 4.39 Å². The quantitative estimate of drug-likeness (QED) is 0.841. The number of hydrogen-bond donors (Lipinski definition) is 1. The predicted octanol–water partition coefficient (Wildman–Crippen LogP) is 5.17. The summed E-state index contributed by atoms with van der Waals surface area (Å²) < 4.78 is 19.9. The van der Waals surface area contributed by atoms with Crippen molar-refractivity contribution in [2.45, 2.75) is 26.8 Å². The van der Waals surface area contributed by atoms with Gasteiger partial charge >= 0.3 is 0 Å². The summed E-state index contributed by atoms with van der Waals surface area (Å²) in [5.74, 6) is 0.462. The molecule has 0 aliphatic carbocycles. The van der Waals surface area contributed by atoms with Gasteiger partial charge in [-0.15, -0.1) is 0 Å². The van der Waals surface area contributed by atoms with Crippen LogP contribution in [-0.4, -0.2) is 7.05 Å². The molecule has 0 spiro atoms. The minimum atomic E-state index is -0.375. The highest BCUT2D eigenvalue weighted by Gasteiger charge is 2.16. The molecule has 0 aliphatic heterocycles. The van der Waals surface area contributed by atoms with Gasteiger partial charge in [-0.05, 0) is 57.1 Å². The van der Waals surface area contributed by atoms with Crippen molar-refractivity contribution in [3.63, 3.8) is 0 Å². The smallest absolute Gasteiger partial charge is 0.167 e. The second kappa shape index (κ2) is 6.46. The van der Waals surface area contributed by atoms with Gasteiger partial charge in [-0.1, -0.05) is 23.7 Å². The molecule has 0 heterocycles. The van der Waals surface area contributed by atoms with Crippen LogP contribution in [0.2, 0.25) is 5.02 Å². The summed E-state index contributed by atoms with van der Waals surface area (Å²) in [5.41, 5.74) is 2.60. The minimum Gasteiger partial charge on any atom is -0.454 e. The third-order valence-electron chi connectivity index (χ3n) is 3.53. The van der Waals surface area contributed by atoms with Gasteiger partial charge < -0.3 is 10.1 Å². The molecular formula is C17H19ClFNO. The molecule has 1 unspecified atom stereocenters. The fourth-order valence-corrected chi connectivity index (χ4v) is 2.32. The number of benzene rings is 2. The molecule has 2 nitrogen and oxygen atoms in total. The molecule has 0 radical (unpaired) electrons. The second-order valence-electron chi connectivity index (χ2n) is 5.14. The van der Waals surface area contributed by atoms with E-state index < -0.39 is 0 Å². The van der Waals surface area contributed by atoms with Crippen LogP contribution in [0.4, 0.5) is 4.39 Å². The first-order chi connectivity index (χ1) is 9.93. The minimum absolute atomic E-state index is 0.00908. The van der Waals surface area contributed by atoms with E-state index in [0.29, 0.717) is 10.8 Å². The third-order valence-corrected chi connectivity index (χ3v) is 4.12. The number of hydrogen-bond acceptors (Lipinski definition) is 2. The van der Waals surface area contributed by atoms with E-state index in [0.717, 1.165) is 16.7 Å². The van der Waals surface area contributed by atoms with Gasteiger partial charge in [-0.2, -0.15) is 0 Å². The summed E-state index contributed by atoms with van der Waals surface area (Å²) in [7, 11) is 1.83. The van der Waals surface area contributed by atoms with E-state index in [1.54, 1.807) is 6.07 Å². The number of nitrogens with one attached hydrogen (secondary N) is 1. The molecule has 1 N–H and O–H groups in total. The Morgan fingerprint density at radius 2 is 1.81 bits per heavy atom. The van der Waals surface area contributed by atoms with Crippen LogP contribution in [0, 0.1) is 19.7 Å². The Labute approximate surface area is 129 Å². The molecule has 0 saturated heterocycles. The van der Waals surface area contributed by atoms with E-state index >= 15 is 0 Å². The van der Waals surface area contributed by atoms with Crippen molar-refractivity contribution in [3.8, 4) is 11.5 Å². The van der Waals surface area contributed by atoms with Crippen LogP contribution in [0.1, 0.15) is 29.7 Å². The summed E-state index contributed by atoms with van der Waals surface area (Å²) >= 11 is 6.15. The summed E-state index contributed by atoms with van der Waals surface area (Å²) in [6, 6.07) is 8.56. The molecule has 2 aromatic rings. The molecular weight excluding hydrogens is 289 g/mol. The zero-order valence-corrected chi connectivity index (χ0v) is 13.4. The van der Waals surface area contributed by atoms with E-state index in [2.05, 4.69) is 5.32 Å². The SMILES string of the molecule is CNC(C)c1cccc(F)c1Oc1cc(C)c(Cl)c(C)c1. The van der Waals surface area contributed by atoms with Gasteiger partial charge in [0.2, 0.25) is 0 Å². The molecule has 1 atom stereocenters. The first-order valence-corrected chi connectivity index (χ1v) is 7.22. The maximum Gasteiger partial charge on any atom is 0.167 e. The number of para-hydroxylation sites is 1. The molecule has 2 rings (SSSR count). The standard InChI is InChI=1S/C17H19ClFNO/c1-10-8-13(9-11(2)16(10)18)21-17-14(12(3)20-4)6-5-7-15(17)19/h5-9,12,20H,1-4H3. The molecule has 0 amide bonds. The van der Waals surface area contributed by atoms with E-state index in [1.165, 1.54) is 6.07 Å². The largest absolute Gasteiger partial charge is 0.454 e. The molecule has 21 heavy (non-hydrogen) atoms. The normalized spacial score (nSPS) is 12.3. The monoisotopic (exact) mass is 307 g/mol. The molecule has 4 heteroatoms. The van der Waals surface area contributed by atoms with Crippen LogP contribution in [0.25, 0.3) is 0 Å². The highest BCUT2D eigenvalue weighted by molar-refractivity contribution is 6.32. The lowest BCUT2D eigenvalue weighted by molar-refractivity contribution is 0.428. The number of halogens is 2. The van der Waals surface area contributed by atoms with Crippen molar-refractivity contribution in [3.05, 3.63) is 57.9 Å². The number of aryl methyl sites for hydroxylation is 2. The average Bonchev–Trinajstić information content (AvgIpc) is 2.46. The van der Waals surface area contributed by atoms with Crippen molar-refractivity contribution in [2.75, 3.05) is 7.05 Å². The Bertz CT molecular complexity index is 634. The topological polar surface area (TPSA) is 21.3 Å². The van der Waals surface area contributed by atoms with Gasteiger partial charge in [0.05, 0.1) is 0 Å². The van der Waals surface area contributed by atoms with Crippen LogP contribution < -0.4 is 10.1 Å². The fourth-order valence-electron chi connectivity index (χ4n) is 2.21. The van der Waals surface area contributed by atoms with Gasteiger partial charge in [-0.25, -0.2) is 4.39 Å². The molecule has 2 aromatic carbocycles. The highest BCUT2D eigenvalue weighted by Crippen LogP contribution is 2.34. The summed E-state index contributed by atoms with van der Waals surface area (Å²) in [5, 5.41) is 3.81. The van der Waals surface area contributed by atoms with Gasteiger partial charge in [0.15, 0.2) is 11.6 Å². The number of rotatable bonds is 4. The van der Waals surface area contributed by atoms with Gasteiger partial charge in [0, 0.05) is 16.6 Å². The van der Waals surface area contributed by atoms with Crippen molar-refractivity contribution >= 4 is 11.6 Å². The van der Waals surface area contributed by atoms with Crippen molar-refractivity contribution in [1.29, 1.82) is 0 Å². The lowest BCUT2D eigenvalue weighted by atomic mass is 10.1. The molecule has 0 aliphatic rings. The molecule has 0 fully saturated rings. The van der Waals surface area contributed by atoms with Gasteiger partial charge in [0.1, 0.15) is 5.75 Å². The summed E-state index contributed by atoms with van der Waals surface area (Å²) in [4.78, 5) is 0. The van der Waals surface area contributed by atoms with Gasteiger partial charge in [0.25, 0.3) is 0 Å². The van der Waals surface area contributed by atoms with Crippen molar-refractivity contribution < 1.29 is 9.13 Å². The maximum atomic E-state index is 14.1. The maximum absolute atomic E-state index is 14.1. The van der Waals surface area contributed by atoms with Crippen LogP contribution in [-0.2, 0) is 0 Å². The van der Waals surface area contributed by atoms with Crippen LogP contribution in [0.15, 0.2) is 30.3 Å². The lowest BCUT2D eigenvalue weighted by Gasteiger charge is -2.17. The second-order valence-corrected chi connectivity index (χ2v) is 5.52. The first-order valence-electron chi connectivity index (χ1n) is 6.84. The van der Waals surface area contributed by atoms with E-state index in [4.69, 9.17) is 16.3 Å². The summed E-state index contributed by atoms with van der Waals surface area (Å²) in [6.45, 7) is 5.77. The Hall–Kier alpha value is -1.58. The molecule has 0 saturated carbocycles. The molecule has 0 aromatic heterocycles. The Morgan fingerprint density at radius 3 is 2.38 bits per heavy atom. The van der Waals surface area contributed by atoms with Crippen LogP contribution >= 0.6 is 11.6 Å². The molecule has 112 valence electrons. The van der Waals surface area contributed by atoms with E-state index in [-0.39, 0.29) is 17.6 Å². The zero-order valence-electron chi connectivity index (χ0n) is 12.6. The Balaban J connectivity index is 2.44. The lowest BCUT2D eigenvalue weighted by Crippen LogP contribution is -2.13. The fraction of sp³-hybridized carbons (Fsp3) is 0.294. The Morgan fingerprint density at radius 1 is 1.19 bits per heavy atom. The predicted molar refractivity (Wildman–Crippen MR) is 84.9 cm³/mol. The van der Waals surface area contributed by atoms with E-state index in [1.807, 2.05) is 46.0 Å². The molecule has 0 bridgehead atoms. The average molecular weight is 308 g/mol. The summed E-state index contributed by atoms with van der Waals surface area (Å²) in [6.07, 6.45) is 0. The van der Waals surface area contributed by atoms with Crippen LogP contribution in [0.5, 0.6) is 11.5 Å². The van der Waals surface area contributed by atoms with Crippen LogP contribution in [0.3, 0.4) is 0 Å². The van der Waals surface area contributed by atoms with Crippen molar-refractivity contribution in [2.24, 2.45) is 0 Å². The first kappa shape index (κ1) is 15.8. The highest BCUT2D eigenvalue weighted by atomic mass is 35.5.